The van der Waals surface area contributed by atoms with E-state index < -0.39 is 23.5 Å². The summed E-state index contributed by atoms with van der Waals surface area (Å²) in [5, 5.41) is 10.4. The molecule has 2 aromatic carbocycles. The van der Waals surface area contributed by atoms with Gasteiger partial charge in [-0.3, -0.25) is 9.59 Å². The number of benzene rings is 2. The first kappa shape index (κ1) is 20.3. The number of nitrogens with zero attached hydrogens (tertiary/aromatic N) is 1. The zero-order valence-corrected chi connectivity index (χ0v) is 16.7. The van der Waals surface area contributed by atoms with Gasteiger partial charge < -0.3 is 9.84 Å². The molecule has 0 atom stereocenters. The van der Waals surface area contributed by atoms with E-state index >= 15 is 0 Å². The highest BCUT2D eigenvalue weighted by atomic mass is 16.5. The maximum atomic E-state index is 13.0. The maximum Gasteiger partial charge on any atom is 0.338 e. The third-order valence-electron chi connectivity index (χ3n) is 4.93. The number of esters is 1. The number of aryl methyl sites for hydroxylation is 2. The quantitative estimate of drug-likeness (QED) is 0.454. The van der Waals surface area contributed by atoms with Gasteiger partial charge in [-0.05, 0) is 55.2 Å². The fourth-order valence-electron chi connectivity index (χ4n) is 3.07. The van der Waals surface area contributed by atoms with Gasteiger partial charge in [-0.1, -0.05) is 37.6 Å². The summed E-state index contributed by atoms with van der Waals surface area (Å²) in [6, 6.07) is 11.4. The predicted molar refractivity (Wildman–Crippen MR) is 110 cm³/mol. The molecule has 0 aliphatic carbocycles. The Morgan fingerprint density at radius 3 is 2.48 bits per heavy atom. The number of ether oxygens (including phenoxy) is 1. The first-order valence-corrected chi connectivity index (χ1v) is 9.52. The van der Waals surface area contributed by atoms with Crippen LogP contribution in [-0.2, 0) is 14.3 Å². The van der Waals surface area contributed by atoms with Crippen LogP contribution in [0.5, 0.6) is 0 Å². The van der Waals surface area contributed by atoms with Crippen molar-refractivity contribution in [1.82, 2.24) is 0 Å². The molecule has 1 N–H and O–H groups in total. The van der Waals surface area contributed by atoms with Gasteiger partial charge in [-0.2, -0.15) is 0 Å². The van der Waals surface area contributed by atoms with Gasteiger partial charge in [0, 0.05) is 0 Å². The number of carbonyl (C=O) groups excluding carboxylic acids is 3. The molecule has 1 heterocycles. The summed E-state index contributed by atoms with van der Waals surface area (Å²) in [4.78, 5) is 38.7. The van der Waals surface area contributed by atoms with E-state index in [-0.39, 0.29) is 16.8 Å². The predicted octanol–water partition coefficient (Wildman–Crippen LogP) is 4.10. The molecule has 0 fully saturated rings. The van der Waals surface area contributed by atoms with E-state index in [4.69, 9.17) is 4.74 Å². The highest BCUT2D eigenvalue weighted by molar-refractivity contribution is 6.45. The van der Waals surface area contributed by atoms with Crippen LogP contribution in [0.25, 0.3) is 5.57 Å². The first-order valence-electron chi connectivity index (χ1n) is 9.52. The SMILES string of the molecule is CCCCOC(=O)c1cccc(N2C(=O)C(O)=C(c3ccc(C)c(C)c3)C2=O)c1. The summed E-state index contributed by atoms with van der Waals surface area (Å²) < 4.78 is 5.19. The van der Waals surface area contributed by atoms with E-state index in [2.05, 4.69) is 0 Å². The second-order valence-corrected chi connectivity index (χ2v) is 7.01. The van der Waals surface area contributed by atoms with E-state index in [1.807, 2.05) is 26.8 Å². The lowest BCUT2D eigenvalue weighted by atomic mass is 10.00. The summed E-state index contributed by atoms with van der Waals surface area (Å²) in [6.07, 6.45) is 1.65. The van der Waals surface area contributed by atoms with Gasteiger partial charge in [-0.15, -0.1) is 0 Å². The van der Waals surface area contributed by atoms with Crippen LogP contribution in [0.4, 0.5) is 5.69 Å². The van der Waals surface area contributed by atoms with Crippen molar-refractivity contribution in [2.45, 2.75) is 33.6 Å². The van der Waals surface area contributed by atoms with Crippen molar-refractivity contribution in [3.05, 3.63) is 70.5 Å². The molecule has 6 heteroatoms. The van der Waals surface area contributed by atoms with Gasteiger partial charge in [0.05, 0.1) is 23.4 Å². The van der Waals surface area contributed by atoms with Crippen molar-refractivity contribution >= 4 is 29.0 Å². The lowest BCUT2D eigenvalue weighted by molar-refractivity contribution is -0.121. The average molecular weight is 393 g/mol. The number of amides is 2. The molecule has 0 radical (unpaired) electrons. The molecule has 2 aromatic rings. The second kappa shape index (κ2) is 8.31. The number of anilines is 1. The van der Waals surface area contributed by atoms with Crippen LogP contribution in [0.3, 0.4) is 0 Å². The normalized spacial score (nSPS) is 14.0. The van der Waals surface area contributed by atoms with Crippen molar-refractivity contribution in [2.75, 3.05) is 11.5 Å². The van der Waals surface area contributed by atoms with Gasteiger partial charge in [0.25, 0.3) is 5.91 Å². The van der Waals surface area contributed by atoms with Gasteiger partial charge in [0.2, 0.25) is 0 Å². The van der Waals surface area contributed by atoms with Crippen LogP contribution in [0.15, 0.2) is 48.2 Å². The van der Waals surface area contributed by atoms with E-state index in [0.29, 0.717) is 12.2 Å². The monoisotopic (exact) mass is 393 g/mol. The topological polar surface area (TPSA) is 83.9 Å². The Labute approximate surface area is 169 Å². The van der Waals surface area contributed by atoms with E-state index in [0.717, 1.165) is 28.9 Å². The van der Waals surface area contributed by atoms with Crippen LogP contribution in [0, 0.1) is 13.8 Å². The highest BCUT2D eigenvalue weighted by Crippen LogP contribution is 2.33. The van der Waals surface area contributed by atoms with Crippen LogP contribution < -0.4 is 4.90 Å². The summed E-state index contributed by atoms with van der Waals surface area (Å²) in [5.74, 6) is -2.58. The van der Waals surface area contributed by atoms with Crippen LogP contribution >= 0.6 is 0 Å². The lowest BCUT2D eigenvalue weighted by Gasteiger charge is -2.15. The molecule has 2 amide bonds. The van der Waals surface area contributed by atoms with E-state index in [1.54, 1.807) is 24.3 Å². The van der Waals surface area contributed by atoms with Gasteiger partial charge in [0.15, 0.2) is 5.76 Å². The lowest BCUT2D eigenvalue weighted by Crippen LogP contribution is -2.31. The summed E-state index contributed by atoms with van der Waals surface area (Å²) >= 11 is 0. The summed E-state index contributed by atoms with van der Waals surface area (Å²) in [7, 11) is 0. The number of aliphatic hydroxyl groups excluding tert-OH is 1. The number of aliphatic hydroxyl groups is 1. The standard InChI is InChI=1S/C23H23NO5/c1-4-5-11-29-23(28)17-7-6-8-18(13-17)24-21(26)19(20(25)22(24)27)16-10-9-14(2)15(3)12-16/h6-10,12-13,25H,4-5,11H2,1-3H3. The molecule has 0 saturated carbocycles. The molecule has 6 nitrogen and oxygen atoms in total. The van der Waals surface area contributed by atoms with Crippen LogP contribution in [0.1, 0.15) is 46.8 Å². The zero-order chi connectivity index (χ0) is 21.1. The second-order valence-electron chi connectivity index (χ2n) is 7.01. The van der Waals surface area contributed by atoms with Crippen molar-refractivity contribution in [3.63, 3.8) is 0 Å². The molecule has 150 valence electrons. The minimum Gasteiger partial charge on any atom is -0.502 e. The molecule has 1 aliphatic heterocycles. The Bertz CT molecular complexity index is 1020. The van der Waals surface area contributed by atoms with Gasteiger partial charge in [-0.25, -0.2) is 9.69 Å². The number of rotatable bonds is 6. The Kier molecular flexibility index (Phi) is 5.82. The Morgan fingerprint density at radius 1 is 1.03 bits per heavy atom. The molecule has 0 aromatic heterocycles. The maximum absolute atomic E-state index is 13.0. The van der Waals surface area contributed by atoms with Crippen molar-refractivity contribution in [1.29, 1.82) is 0 Å². The van der Waals surface area contributed by atoms with Crippen molar-refractivity contribution in [2.24, 2.45) is 0 Å². The molecule has 3 rings (SSSR count). The Balaban J connectivity index is 1.90. The number of hydrogen-bond acceptors (Lipinski definition) is 5. The Morgan fingerprint density at radius 2 is 1.79 bits per heavy atom. The Hall–Kier alpha value is -3.41. The largest absolute Gasteiger partial charge is 0.502 e. The van der Waals surface area contributed by atoms with E-state index in [1.165, 1.54) is 12.1 Å². The van der Waals surface area contributed by atoms with Crippen molar-refractivity contribution < 1.29 is 24.2 Å². The third kappa shape index (κ3) is 3.92. The first-order chi connectivity index (χ1) is 13.8. The molecule has 1 aliphatic rings. The fraction of sp³-hybridized carbons (Fsp3) is 0.261. The number of imide groups is 1. The molecule has 29 heavy (non-hydrogen) atoms. The molecular weight excluding hydrogens is 370 g/mol. The number of unbranched alkanes of at least 4 members (excludes halogenated alkanes) is 1. The number of hydrogen-bond donors (Lipinski definition) is 1. The smallest absolute Gasteiger partial charge is 0.338 e. The molecule has 0 unspecified atom stereocenters. The molecule has 0 bridgehead atoms. The fourth-order valence-corrected chi connectivity index (χ4v) is 3.07. The third-order valence-corrected chi connectivity index (χ3v) is 4.93. The minimum absolute atomic E-state index is 0.0472. The van der Waals surface area contributed by atoms with Crippen LogP contribution in [0.2, 0.25) is 0 Å². The molecular formula is C23H23NO5. The summed E-state index contributed by atoms with van der Waals surface area (Å²) in [5.41, 5.74) is 2.85. The number of carbonyl (C=O) groups is 3. The minimum atomic E-state index is -0.820. The van der Waals surface area contributed by atoms with Crippen molar-refractivity contribution in [3.8, 4) is 0 Å². The highest BCUT2D eigenvalue weighted by Gasteiger charge is 2.40. The van der Waals surface area contributed by atoms with E-state index in [9.17, 15) is 19.5 Å². The van der Waals surface area contributed by atoms with Gasteiger partial charge in [0.1, 0.15) is 0 Å². The van der Waals surface area contributed by atoms with Gasteiger partial charge >= 0.3 is 11.9 Å². The molecule has 0 spiro atoms. The molecule has 0 saturated heterocycles. The average Bonchev–Trinajstić information content (AvgIpc) is 2.93. The zero-order valence-electron chi connectivity index (χ0n) is 16.7. The van der Waals surface area contributed by atoms with Crippen LogP contribution in [-0.4, -0.2) is 29.5 Å². The summed E-state index contributed by atoms with van der Waals surface area (Å²) in [6.45, 7) is 6.13.